The fourth-order valence-electron chi connectivity index (χ4n) is 2.28. The van der Waals surface area contributed by atoms with Gasteiger partial charge in [-0.3, -0.25) is 14.6 Å². The number of anilines is 1. The van der Waals surface area contributed by atoms with E-state index < -0.39 is 0 Å². The second kappa shape index (κ2) is 7.05. The van der Waals surface area contributed by atoms with Gasteiger partial charge in [0, 0.05) is 24.1 Å². The molecule has 0 aliphatic heterocycles. The Morgan fingerprint density at radius 3 is 2.04 bits per heavy atom. The summed E-state index contributed by atoms with van der Waals surface area (Å²) in [6.45, 7) is 7.70. The van der Waals surface area contributed by atoms with Gasteiger partial charge in [0.25, 0.3) is 11.8 Å². The summed E-state index contributed by atoms with van der Waals surface area (Å²) in [4.78, 5) is 28.3. The summed E-state index contributed by atoms with van der Waals surface area (Å²) in [6, 6.07) is 7.40. The zero-order valence-electron chi connectivity index (χ0n) is 13.8. The molecular formula is C18H21N3O2. The molecule has 2 rings (SSSR count). The van der Waals surface area contributed by atoms with Gasteiger partial charge in [-0.25, -0.2) is 0 Å². The number of hydrogen-bond acceptors (Lipinski definition) is 3. The van der Waals surface area contributed by atoms with Crippen LogP contribution < -0.4 is 10.6 Å². The minimum absolute atomic E-state index is 0.0234. The van der Waals surface area contributed by atoms with Crippen LogP contribution in [0.15, 0.2) is 36.7 Å². The van der Waals surface area contributed by atoms with Gasteiger partial charge in [-0.15, -0.1) is 0 Å². The Labute approximate surface area is 136 Å². The van der Waals surface area contributed by atoms with Crippen LogP contribution in [0.1, 0.15) is 45.7 Å². The normalized spacial score (nSPS) is 10.5. The molecule has 1 aromatic heterocycles. The van der Waals surface area contributed by atoms with Crippen LogP contribution in [0.25, 0.3) is 0 Å². The van der Waals surface area contributed by atoms with Crippen LogP contribution in [0, 0.1) is 13.8 Å². The van der Waals surface area contributed by atoms with Crippen LogP contribution in [0.5, 0.6) is 0 Å². The van der Waals surface area contributed by atoms with Gasteiger partial charge >= 0.3 is 0 Å². The molecule has 0 saturated carbocycles. The lowest BCUT2D eigenvalue weighted by molar-refractivity contribution is 0.0942. The van der Waals surface area contributed by atoms with Crippen LogP contribution in [0.2, 0.25) is 0 Å². The van der Waals surface area contributed by atoms with Crippen LogP contribution in [-0.4, -0.2) is 22.8 Å². The monoisotopic (exact) mass is 311 g/mol. The molecule has 0 saturated heterocycles. The van der Waals surface area contributed by atoms with E-state index in [2.05, 4.69) is 15.6 Å². The molecular weight excluding hydrogens is 290 g/mol. The van der Waals surface area contributed by atoms with E-state index in [1.54, 1.807) is 6.07 Å². The summed E-state index contributed by atoms with van der Waals surface area (Å²) in [5.74, 6) is -0.532. The van der Waals surface area contributed by atoms with Crippen molar-refractivity contribution in [1.29, 1.82) is 0 Å². The molecule has 0 spiro atoms. The van der Waals surface area contributed by atoms with Crippen molar-refractivity contribution < 1.29 is 9.59 Å². The highest BCUT2D eigenvalue weighted by molar-refractivity contribution is 6.05. The molecule has 120 valence electrons. The molecule has 1 heterocycles. The molecule has 5 nitrogen and oxygen atoms in total. The molecule has 2 aromatic rings. The molecule has 0 aliphatic carbocycles. The van der Waals surface area contributed by atoms with Gasteiger partial charge in [0.2, 0.25) is 0 Å². The van der Waals surface area contributed by atoms with E-state index in [1.165, 1.54) is 12.4 Å². The molecule has 0 unspecified atom stereocenters. The maximum atomic E-state index is 12.4. The standard InChI is InChI=1S/C18H21N3O2/c1-11(2)20-17(22)14-8-15(10-19-9-14)18(23)21-16-6-12(3)5-13(4)7-16/h5-11H,1-4H3,(H,20,22)(H,21,23). The van der Waals surface area contributed by atoms with Crippen molar-refractivity contribution in [3.63, 3.8) is 0 Å². The van der Waals surface area contributed by atoms with Crippen molar-refractivity contribution in [3.8, 4) is 0 Å². The van der Waals surface area contributed by atoms with Gasteiger partial charge in [0.15, 0.2) is 0 Å². The first-order valence-electron chi connectivity index (χ1n) is 7.50. The Morgan fingerprint density at radius 1 is 0.913 bits per heavy atom. The minimum Gasteiger partial charge on any atom is -0.350 e. The highest BCUT2D eigenvalue weighted by atomic mass is 16.2. The average molecular weight is 311 g/mol. The van der Waals surface area contributed by atoms with Crippen LogP contribution in [0.3, 0.4) is 0 Å². The van der Waals surface area contributed by atoms with Crippen molar-refractivity contribution in [2.24, 2.45) is 0 Å². The van der Waals surface area contributed by atoms with Gasteiger partial charge in [0.05, 0.1) is 11.1 Å². The number of hydrogen-bond donors (Lipinski definition) is 2. The molecule has 1 aromatic carbocycles. The van der Waals surface area contributed by atoms with Crippen LogP contribution in [0.4, 0.5) is 5.69 Å². The number of benzene rings is 1. The Kier molecular flexibility index (Phi) is 5.11. The summed E-state index contributed by atoms with van der Waals surface area (Å²) in [5, 5.41) is 5.62. The summed E-state index contributed by atoms with van der Waals surface area (Å²) in [5.41, 5.74) is 3.59. The summed E-state index contributed by atoms with van der Waals surface area (Å²) in [7, 11) is 0. The van der Waals surface area contributed by atoms with Gasteiger partial charge < -0.3 is 10.6 Å². The van der Waals surface area contributed by atoms with E-state index in [1.807, 2.05) is 45.9 Å². The Hall–Kier alpha value is -2.69. The smallest absolute Gasteiger partial charge is 0.257 e. The molecule has 0 atom stereocenters. The third-order valence-corrected chi connectivity index (χ3v) is 3.16. The highest BCUT2D eigenvalue weighted by Gasteiger charge is 2.12. The van der Waals surface area contributed by atoms with Gasteiger partial charge in [0.1, 0.15) is 0 Å². The highest BCUT2D eigenvalue weighted by Crippen LogP contribution is 2.15. The van der Waals surface area contributed by atoms with Gasteiger partial charge in [-0.1, -0.05) is 6.07 Å². The number of aromatic nitrogens is 1. The van der Waals surface area contributed by atoms with Crippen molar-refractivity contribution in [3.05, 3.63) is 58.9 Å². The Morgan fingerprint density at radius 2 is 1.48 bits per heavy atom. The Balaban J connectivity index is 2.18. The lowest BCUT2D eigenvalue weighted by Crippen LogP contribution is -2.30. The summed E-state index contributed by atoms with van der Waals surface area (Å²) < 4.78 is 0. The zero-order valence-corrected chi connectivity index (χ0v) is 13.8. The minimum atomic E-state index is -0.290. The third-order valence-electron chi connectivity index (χ3n) is 3.16. The number of carbonyl (C=O) groups is 2. The maximum absolute atomic E-state index is 12.4. The first-order valence-corrected chi connectivity index (χ1v) is 7.50. The summed E-state index contributed by atoms with van der Waals surface area (Å²) >= 11 is 0. The number of amides is 2. The third kappa shape index (κ3) is 4.64. The first-order chi connectivity index (χ1) is 10.8. The number of carbonyl (C=O) groups excluding carboxylic acids is 2. The second-order valence-corrected chi connectivity index (χ2v) is 5.92. The number of rotatable bonds is 4. The quantitative estimate of drug-likeness (QED) is 0.911. The molecule has 0 bridgehead atoms. The lowest BCUT2D eigenvalue weighted by Gasteiger charge is -2.10. The van der Waals surface area contributed by atoms with E-state index in [4.69, 9.17) is 0 Å². The van der Waals surface area contributed by atoms with Crippen LogP contribution >= 0.6 is 0 Å². The molecule has 0 aliphatic rings. The van der Waals surface area contributed by atoms with Gasteiger partial charge in [-0.05, 0) is 57.0 Å². The van der Waals surface area contributed by atoms with E-state index in [9.17, 15) is 9.59 Å². The van der Waals surface area contributed by atoms with Crippen molar-refractivity contribution >= 4 is 17.5 Å². The topological polar surface area (TPSA) is 71.1 Å². The van der Waals surface area contributed by atoms with Crippen molar-refractivity contribution in [2.45, 2.75) is 33.7 Å². The predicted molar refractivity (Wildman–Crippen MR) is 90.7 cm³/mol. The van der Waals surface area contributed by atoms with E-state index in [0.29, 0.717) is 11.1 Å². The second-order valence-electron chi connectivity index (χ2n) is 5.92. The molecule has 5 heteroatoms. The zero-order chi connectivity index (χ0) is 17.0. The van der Waals surface area contributed by atoms with Crippen molar-refractivity contribution in [2.75, 3.05) is 5.32 Å². The number of nitrogens with zero attached hydrogens (tertiary/aromatic N) is 1. The van der Waals surface area contributed by atoms with Crippen LogP contribution in [-0.2, 0) is 0 Å². The largest absolute Gasteiger partial charge is 0.350 e. The fraction of sp³-hybridized carbons (Fsp3) is 0.278. The molecule has 0 radical (unpaired) electrons. The maximum Gasteiger partial charge on any atom is 0.257 e. The average Bonchev–Trinajstić information content (AvgIpc) is 2.45. The number of aryl methyl sites for hydroxylation is 2. The van der Waals surface area contributed by atoms with Gasteiger partial charge in [-0.2, -0.15) is 0 Å². The molecule has 0 fully saturated rings. The summed E-state index contributed by atoms with van der Waals surface area (Å²) in [6.07, 6.45) is 2.90. The lowest BCUT2D eigenvalue weighted by atomic mass is 10.1. The number of pyridine rings is 1. The SMILES string of the molecule is Cc1cc(C)cc(NC(=O)c2cncc(C(=O)NC(C)C)c2)c1. The number of nitrogens with one attached hydrogen (secondary N) is 2. The predicted octanol–water partition coefficient (Wildman–Crippen LogP) is 3.09. The molecule has 2 N–H and O–H groups in total. The van der Waals surface area contributed by atoms with E-state index in [0.717, 1.165) is 16.8 Å². The van der Waals surface area contributed by atoms with E-state index in [-0.39, 0.29) is 17.9 Å². The van der Waals surface area contributed by atoms with Crippen molar-refractivity contribution in [1.82, 2.24) is 10.3 Å². The molecule has 2 amide bonds. The Bertz CT molecular complexity index is 719. The first kappa shape index (κ1) is 16.7. The fourth-order valence-corrected chi connectivity index (χ4v) is 2.28. The molecule has 23 heavy (non-hydrogen) atoms. The van der Waals surface area contributed by atoms with E-state index >= 15 is 0 Å².